The second-order valence-electron chi connectivity index (χ2n) is 1.71. The van der Waals surface area contributed by atoms with Gasteiger partial charge in [-0.1, -0.05) is 6.08 Å². The van der Waals surface area contributed by atoms with E-state index in [1.165, 1.54) is 0 Å². The lowest BCUT2D eigenvalue weighted by Crippen LogP contribution is -1.96. The fourth-order valence-electron chi connectivity index (χ4n) is 0.503. The first-order valence-electron chi connectivity index (χ1n) is 2.98. The standard InChI is InChI=1S/C6H14N2/c7-5-3-1-2-4-6-8/h3,5H,1-2,4,6-8H2/b5-3+. The molecule has 0 unspecified atom stereocenters. The van der Waals surface area contributed by atoms with Crippen LogP contribution in [0.25, 0.3) is 0 Å². The van der Waals surface area contributed by atoms with E-state index in [-0.39, 0.29) is 0 Å². The van der Waals surface area contributed by atoms with Crippen LogP contribution in [-0.2, 0) is 0 Å². The molecular weight excluding hydrogens is 100 g/mol. The maximum absolute atomic E-state index is 5.26. The summed E-state index contributed by atoms with van der Waals surface area (Å²) in [6.07, 6.45) is 6.86. The van der Waals surface area contributed by atoms with Gasteiger partial charge in [-0.25, -0.2) is 0 Å². The molecule has 0 aromatic heterocycles. The smallest absolute Gasteiger partial charge is 0.00772 e. The van der Waals surface area contributed by atoms with Gasteiger partial charge in [0.25, 0.3) is 0 Å². The van der Waals surface area contributed by atoms with Crippen LogP contribution in [0.4, 0.5) is 0 Å². The highest BCUT2D eigenvalue weighted by Crippen LogP contribution is 1.92. The molecule has 2 heteroatoms. The van der Waals surface area contributed by atoms with E-state index in [4.69, 9.17) is 11.5 Å². The molecule has 0 rings (SSSR count). The Kier molecular flexibility index (Phi) is 6.09. The third-order valence-corrected chi connectivity index (χ3v) is 0.961. The Morgan fingerprint density at radius 2 is 2.00 bits per heavy atom. The van der Waals surface area contributed by atoms with Crippen molar-refractivity contribution in [2.45, 2.75) is 19.3 Å². The van der Waals surface area contributed by atoms with Crippen LogP contribution in [-0.4, -0.2) is 6.54 Å². The van der Waals surface area contributed by atoms with Gasteiger partial charge in [0.05, 0.1) is 0 Å². The minimum atomic E-state index is 0.790. The summed E-state index contributed by atoms with van der Waals surface area (Å²) in [5.74, 6) is 0. The average Bonchev–Trinajstić information content (AvgIpc) is 1.81. The third kappa shape index (κ3) is 5.50. The zero-order valence-electron chi connectivity index (χ0n) is 5.14. The summed E-state index contributed by atoms with van der Waals surface area (Å²) < 4.78 is 0. The van der Waals surface area contributed by atoms with Gasteiger partial charge < -0.3 is 11.5 Å². The topological polar surface area (TPSA) is 52.0 Å². The number of hydrogen-bond donors (Lipinski definition) is 2. The van der Waals surface area contributed by atoms with E-state index >= 15 is 0 Å². The van der Waals surface area contributed by atoms with Crippen molar-refractivity contribution in [3.05, 3.63) is 12.3 Å². The Bertz CT molecular complexity index is 59.5. The molecular formula is C6H14N2. The van der Waals surface area contributed by atoms with E-state index in [1.54, 1.807) is 6.20 Å². The summed E-state index contributed by atoms with van der Waals surface area (Å²) in [6.45, 7) is 0.790. The van der Waals surface area contributed by atoms with Gasteiger partial charge >= 0.3 is 0 Å². The molecule has 4 N–H and O–H groups in total. The van der Waals surface area contributed by atoms with Crippen molar-refractivity contribution in [3.8, 4) is 0 Å². The fraction of sp³-hybridized carbons (Fsp3) is 0.667. The van der Waals surface area contributed by atoms with Crippen molar-refractivity contribution in [1.29, 1.82) is 0 Å². The van der Waals surface area contributed by atoms with Gasteiger partial charge in [0.2, 0.25) is 0 Å². The fourth-order valence-corrected chi connectivity index (χ4v) is 0.503. The summed E-state index contributed by atoms with van der Waals surface area (Å²) in [6, 6.07) is 0. The van der Waals surface area contributed by atoms with Crippen LogP contribution in [0.15, 0.2) is 12.3 Å². The molecule has 0 saturated carbocycles. The molecule has 0 spiro atoms. The van der Waals surface area contributed by atoms with Gasteiger partial charge in [-0.05, 0) is 32.0 Å². The quantitative estimate of drug-likeness (QED) is 0.525. The molecule has 8 heavy (non-hydrogen) atoms. The van der Waals surface area contributed by atoms with Crippen molar-refractivity contribution < 1.29 is 0 Å². The summed E-state index contributed by atoms with van der Waals surface area (Å²) in [5.41, 5.74) is 10.4. The van der Waals surface area contributed by atoms with Crippen LogP contribution in [0.1, 0.15) is 19.3 Å². The second-order valence-corrected chi connectivity index (χ2v) is 1.71. The predicted molar refractivity (Wildman–Crippen MR) is 36.2 cm³/mol. The van der Waals surface area contributed by atoms with Crippen LogP contribution in [0.3, 0.4) is 0 Å². The van der Waals surface area contributed by atoms with Gasteiger partial charge in [0, 0.05) is 0 Å². The van der Waals surface area contributed by atoms with E-state index in [9.17, 15) is 0 Å². The van der Waals surface area contributed by atoms with Crippen molar-refractivity contribution in [1.82, 2.24) is 0 Å². The minimum absolute atomic E-state index is 0.790. The Hall–Kier alpha value is -0.500. The highest BCUT2D eigenvalue weighted by molar-refractivity contribution is 4.74. The van der Waals surface area contributed by atoms with Crippen molar-refractivity contribution in [2.75, 3.05) is 6.54 Å². The van der Waals surface area contributed by atoms with Crippen LogP contribution in [0.2, 0.25) is 0 Å². The van der Waals surface area contributed by atoms with E-state index in [0.717, 1.165) is 25.8 Å². The Morgan fingerprint density at radius 1 is 1.25 bits per heavy atom. The van der Waals surface area contributed by atoms with Gasteiger partial charge in [0.15, 0.2) is 0 Å². The lowest BCUT2D eigenvalue weighted by Gasteiger charge is -1.89. The molecule has 0 heterocycles. The Morgan fingerprint density at radius 3 is 2.50 bits per heavy atom. The Labute approximate surface area is 50.6 Å². The largest absolute Gasteiger partial charge is 0.405 e. The van der Waals surface area contributed by atoms with Crippen LogP contribution < -0.4 is 11.5 Å². The SMILES string of the molecule is N/C=C/CCCCN. The summed E-state index contributed by atoms with van der Waals surface area (Å²) in [5, 5.41) is 0. The number of rotatable bonds is 4. The highest BCUT2D eigenvalue weighted by atomic mass is 14.5. The van der Waals surface area contributed by atoms with Crippen molar-refractivity contribution >= 4 is 0 Å². The summed E-state index contributed by atoms with van der Waals surface area (Å²) in [4.78, 5) is 0. The Balaban J connectivity index is 2.72. The average molecular weight is 114 g/mol. The lowest BCUT2D eigenvalue weighted by molar-refractivity contribution is 0.758. The molecule has 2 nitrogen and oxygen atoms in total. The third-order valence-electron chi connectivity index (χ3n) is 0.961. The van der Waals surface area contributed by atoms with Gasteiger partial charge in [-0.15, -0.1) is 0 Å². The van der Waals surface area contributed by atoms with Gasteiger partial charge in [-0.2, -0.15) is 0 Å². The molecule has 0 radical (unpaired) electrons. The maximum atomic E-state index is 5.26. The zero-order chi connectivity index (χ0) is 6.24. The normalized spacial score (nSPS) is 10.6. The number of hydrogen-bond acceptors (Lipinski definition) is 2. The molecule has 0 aromatic rings. The molecule has 0 aliphatic heterocycles. The molecule has 0 saturated heterocycles. The molecule has 0 aliphatic rings. The monoisotopic (exact) mass is 114 g/mol. The van der Waals surface area contributed by atoms with E-state index in [0.29, 0.717) is 0 Å². The first-order valence-corrected chi connectivity index (χ1v) is 2.98. The predicted octanol–water partition coefficient (Wildman–Crippen LogP) is 0.588. The van der Waals surface area contributed by atoms with Crippen LogP contribution in [0.5, 0.6) is 0 Å². The molecule has 0 amide bonds. The van der Waals surface area contributed by atoms with E-state index < -0.39 is 0 Å². The molecule has 0 aromatic carbocycles. The highest BCUT2D eigenvalue weighted by Gasteiger charge is 1.78. The zero-order valence-corrected chi connectivity index (χ0v) is 5.14. The lowest BCUT2D eigenvalue weighted by atomic mass is 10.2. The van der Waals surface area contributed by atoms with Gasteiger partial charge in [-0.3, -0.25) is 0 Å². The maximum Gasteiger partial charge on any atom is -0.00772 e. The van der Waals surface area contributed by atoms with Crippen LogP contribution in [0, 0.1) is 0 Å². The molecule has 0 fully saturated rings. The second kappa shape index (κ2) is 6.50. The first kappa shape index (κ1) is 7.50. The number of unbranched alkanes of at least 4 members (excludes halogenated alkanes) is 2. The van der Waals surface area contributed by atoms with Gasteiger partial charge in [0.1, 0.15) is 0 Å². The van der Waals surface area contributed by atoms with E-state index in [1.807, 2.05) is 6.08 Å². The molecule has 0 aliphatic carbocycles. The molecule has 0 bridgehead atoms. The van der Waals surface area contributed by atoms with Crippen LogP contribution >= 0.6 is 0 Å². The van der Waals surface area contributed by atoms with Crippen molar-refractivity contribution in [2.24, 2.45) is 11.5 Å². The van der Waals surface area contributed by atoms with E-state index in [2.05, 4.69) is 0 Å². The van der Waals surface area contributed by atoms with Crippen molar-refractivity contribution in [3.63, 3.8) is 0 Å². The number of nitrogens with two attached hydrogens (primary N) is 2. The molecule has 48 valence electrons. The molecule has 0 atom stereocenters. The summed E-state index contributed by atoms with van der Waals surface area (Å²) >= 11 is 0. The summed E-state index contributed by atoms with van der Waals surface area (Å²) in [7, 11) is 0. The minimum Gasteiger partial charge on any atom is -0.405 e. The first-order chi connectivity index (χ1) is 3.91. The number of allylic oxidation sites excluding steroid dienone is 1.